The lowest BCUT2D eigenvalue weighted by atomic mass is 9.98. The van der Waals surface area contributed by atoms with Crippen LogP contribution in [-0.4, -0.2) is 16.8 Å². The predicted molar refractivity (Wildman–Crippen MR) is 105 cm³/mol. The normalized spacial score (nSPS) is 15.2. The maximum Gasteiger partial charge on any atom is 0.243 e. The summed E-state index contributed by atoms with van der Waals surface area (Å²) in [5, 5.41) is 11.0. The number of aryl methyl sites for hydroxylation is 2. The molecule has 0 aliphatic carbocycles. The monoisotopic (exact) mass is 423 g/mol. The molecular formula is C18H15BrClNO2S. The topological polar surface area (TPSA) is 40.5 Å². The quantitative estimate of drug-likeness (QED) is 0.629. The van der Waals surface area contributed by atoms with Crippen molar-refractivity contribution in [3.63, 3.8) is 0 Å². The first-order valence-electron chi connectivity index (χ1n) is 7.31. The van der Waals surface area contributed by atoms with Crippen LogP contribution >= 0.6 is 39.5 Å². The molecule has 0 fully saturated rings. The fraction of sp³-hybridized carbons (Fsp3) is 0.167. The highest BCUT2D eigenvalue weighted by Gasteiger charge is 2.30. The molecule has 2 aromatic carbocycles. The Balaban J connectivity index is 2.01. The highest BCUT2D eigenvalue weighted by molar-refractivity contribution is 9.10. The molecule has 2 aromatic rings. The summed E-state index contributed by atoms with van der Waals surface area (Å²) in [6.07, 6.45) is 0. The first-order chi connectivity index (χ1) is 11.4. The molecule has 0 saturated carbocycles. The highest BCUT2D eigenvalue weighted by atomic mass is 79.9. The molecule has 124 valence electrons. The van der Waals surface area contributed by atoms with Crippen molar-refractivity contribution in [1.82, 2.24) is 0 Å². The summed E-state index contributed by atoms with van der Waals surface area (Å²) in [6, 6.07) is 11.1. The summed E-state index contributed by atoms with van der Waals surface area (Å²) in [4.78, 5) is 12.7. The number of hydrogen-bond donors (Lipinski definition) is 1. The zero-order chi connectivity index (χ0) is 17.4. The van der Waals surface area contributed by atoms with Gasteiger partial charge in [0.1, 0.15) is 5.76 Å². The summed E-state index contributed by atoms with van der Waals surface area (Å²) >= 11 is 10.5. The zero-order valence-corrected chi connectivity index (χ0v) is 16.3. The molecule has 1 heterocycles. The Hall–Kier alpha value is -1.43. The van der Waals surface area contributed by atoms with Crippen LogP contribution in [0.2, 0.25) is 5.02 Å². The van der Waals surface area contributed by atoms with Gasteiger partial charge in [-0.25, -0.2) is 0 Å². The lowest BCUT2D eigenvalue weighted by molar-refractivity contribution is -0.106. The average molecular weight is 425 g/mol. The van der Waals surface area contributed by atoms with Crippen LogP contribution in [0, 0.1) is 13.8 Å². The van der Waals surface area contributed by atoms with E-state index in [1.54, 1.807) is 16.4 Å². The van der Waals surface area contributed by atoms with E-state index >= 15 is 0 Å². The van der Waals surface area contributed by atoms with Crippen molar-refractivity contribution in [2.24, 2.45) is 0 Å². The van der Waals surface area contributed by atoms with E-state index in [2.05, 4.69) is 15.9 Å². The van der Waals surface area contributed by atoms with E-state index in [9.17, 15) is 9.90 Å². The number of rotatable bonds is 2. The third-order valence-corrected chi connectivity index (χ3v) is 5.58. The summed E-state index contributed by atoms with van der Waals surface area (Å²) in [6.45, 7) is 4.19. The van der Waals surface area contributed by atoms with Crippen molar-refractivity contribution in [2.45, 2.75) is 13.8 Å². The van der Waals surface area contributed by atoms with E-state index in [1.807, 2.05) is 38.1 Å². The second-order valence-electron chi connectivity index (χ2n) is 5.65. The molecule has 1 aliphatic heterocycles. The first kappa shape index (κ1) is 17.4. The molecular weight excluding hydrogens is 410 g/mol. The Kier molecular flexibility index (Phi) is 4.95. The third-order valence-electron chi connectivity index (χ3n) is 3.78. The van der Waals surface area contributed by atoms with Crippen molar-refractivity contribution < 1.29 is 9.90 Å². The minimum Gasteiger partial charge on any atom is -0.510 e. The van der Waals surface area contributed by atoms with Gasteiger partial charge in [0.25, 0.3) is 0 Å². The number of halogens is 2. The molecule has 0 spiro atoms. The predicted octanol–water partition coefficient (Wildman–Crippen LogP) is 5.68. The Morgan fingerprint density at radius 3 is 2.46 bits per heavy atom. The molecule has 0 saturated heterocycles. The number of aliphatic hydroxyl groups excluding tert-OH is 1. The van der Waals surface area contributed by atoms with Crippen LogP contribution in [0.4, 0.5) is 5.69 Å². The van der Waals surface area contributed by atoms with Gasteiger partial charge >= 0.3 is 0 Å². The highest BCUT2D eigenvalue weighted by Crippen LogP contribution is 2.39. The van der Waals surface area contributed by atoms with Gasteiger partial charge in [0.2, 0.25) is 5.12 Å². The van der Waals surface area contributed by atoms with Gasteiger partial charge in [0.05, 0.1) is 12.1 Å². The molecule has 0 atom stereocenters. The number of anilines is 1. The standard InChI is InChI=1S/C18H15BrClNO2S/c1-10-7-11(2)16(14(19)8-10)17-15(22)9-21(24-18(17)23)13-5-3-12(20)4-6-13/h3-8,22H,9H2,1-2H3. The molecule has 0 bridgehead atoms. The molecule has 1 aliphatic rings. The number of carbonyl (C=O) groups excluding carboxylic acids is 1. The Morgan fingerprint density at radius 1 is 1.21 bits per heavy atom. The zero-order valence-electron chi connectivity index (χ0n) is 13.1. The summed E-state index contributed by atoms with van der Waals surface area (Å²) in [5.74, 6) is 0.0707. The van der Waals surface area contributed by atoms with Gasteiger partial charge in [0, 0.05) is 32.7 Å². The molecule has 0 amide bonds. The van der Waals surface area contributed by atoms with Crippen LogP contribution in [0.5, 0.6) is 0 Å². The number of aliphatic hydroxyl groups is 1. The van der Waals surface area contributed by atoms with Gasteiger partial charge in [0.15, 0.2) is 0 Å². The summed E-state index contributed by atoms with van der Waals surface area (Å²) < 4.78 is 2.57. The average Bonchev–Trinajstić information content (AvgIpc) is 2.49. The van der Waals surface area contributed by atoms with Gasteiger partial charge in [-0.05, 0) is 55.3 Å². The van der Waals surface area contributed by atoms with Crippen LogP contribution in [-0.2, 0) is 4.79 Å². The van der Waals surface area contributed by atoms with Crippen LogP contribution < -0.4 is 4.31 Å². The van der Waals surface area contributed by atoms with Gasteiger partial charge in [-0.15, -0.1) is 0 Å². The van der Waals surface area contributed by atoms with Crippen LogP contribution in [0.15, 0.2) is 46.6 Å². The minimum atomic E-state index is -0.179. The van der Waals surface area contributed by atoms with Crippen molar-refractivity contribution in [3.05, 3.63) is 68.3 Å². The molecule has 0 unspecified atom stereocenters. The van der Waals surface area contributed by atoms with Gasteiger partial charge < -0.3 is 9.41 Å². The molecule has 1 N–H and O–H groups in total. The Bertz CT molecular complexity index is 826. The maximum atomic E-state index is 12.7. The fourth-order valence-corrected chi connectivity index (χ4v) is 4.66. The lowest BCUT2D eigenvalue weighted by Crippen LogP contribution is -2.27. The van der Waals surface area contributed by atoms with E-state index < -0.39 is 0 Å². The van der Waals surface area contributed by atoms with E-state index in [-0.39, 0.29) is 17.4 Å². The van der Waals surface area contributed by atoms with E-state index in [0.29, 0.717) is 10.6 Å². The van der Waals surface area contributed by atoms with E-state index in [1.165, 1.54) is 0 Å². The van der Waals surface area contributed by atoms with E-state index in [4.69, 9.17) is 11.6 Å². The van der Waals surface area contributed by atoms with Gasteiger partial charge in [-0.1, -0.05) is 33.6 Å². The van der Waals surface area contributed by atoms with Gasteiger partial charge in [-0.2, -0.15) is 0 Å². The molecule has 0 radical (unpaired) electrons. The van der Waals surface area contributed by atoms with Crippen molar-refractivity contribution >= 4 is 55.9 Å². The molecule has 6 heteroatoms. The maximum absolute atomic E-state index is 12.7. The van der Waals surface area contributed by atoms with Crippen molar-refractivity contribution in [2.75, 3.05) is 10.8 Å². The van der Waals surface area contributed by atoms with Crippen LogP contribution in [0.25, 0.3) is 5.57 Å². The second-order valence-corrected chi connectivity index (χ2v) is 7.94. The number of carbonyl (C=O) groups is 1. The Morgan fingerprint density at radius 2 is 1.88 bits per heavy atom. The number of benzene rings is 2. The minimum absolute atomic E-state index is 0.0707. The number of hydrogen-bond acceptors (Lipinski definition) is 4. The molecule has 3 nitrogen and oxygen atoms in total. The summed E-state index contributed by atoms with van der Waals surface area (Å²) in [7, 11) is 0. The lowest BCUT2D eigenvalue weighted by Gasteiger charge is -2.28. The summed E-state index contributed by atoms with van der Waals surface area (Å²) in [5.41, 5.74) is 4.00. The Labute approximate surface area is 158 Å². The second kappa shape index (κ2) is 6.82. The van der Waals surface area contributed by atoms with Crippen LogP contribution in [0.3, 0.4) is 0 Å². The van der Waals surface area contributed by atoms with Crippen LogP contribution in [0.1, 0.15) is 16.7 Å². The van der Waals surface area contributed by atoms with Crippen molar-refractivity contribution in [1.29, 1.82) is 0 Å². The third kappa shape index (κ3) is 3.34. The van der Waals surface area contributed by atoms with Gasteiger partial charge in [-0.3, -0.25) is 4.79 Å². The largest absolute Gasteiger partial charge is 0.510 e. The first-order valence-corrected chi connectivity index (χ1v) is 9.26. The van der Waals surface area contributed by atoms with E-state index in [0.717, 1.165) is 38.8 Å². The smallest absolute Gasteiger partial charge is 0.243 e. The molecule has 3 rings (SSSR count). The molecule has 0 aromatic heterocycles. The van der Waals surface area contributed by atoms with Crippen molar-refractivity contribution in [3.8, 4) is 0 Å². The fourth-order valence-electron chi connectivity index (χ4n) is 2.74. The number of nitrogens with zero attached hydrogens (tertiary/aromatic N) is 1. The SMILES string of the molecule is Cc1cc(C)c(C2=C(O)CN(c3ccc(Cl)cc3)SC2=O)c(Br)c1. The molecule has 24 heavy (non-hydrogen) atoms.